The second-order valence-electron chi connectivity index (χ2n) is 6.54. The van der Waals surface area contributed by atoms with Gasteiger partial charge >= 0.3 is 0 Å². The molecule has 132 valence electrons. The maximum atomic E-state index is 12.9. The van der Waals surface area contributed by atoms with Crippen molar-refractivity contribution in [3.63, 3.8) is 0 Å². The van der Waals surface area contributed by atoms with Crippen molar-refractivity contribution >= 4 is 5.91 Å². The number of likely N-dealkylation sites (tertiary alicyclic amines) is 1. The Balaban J connectivity index is 1.50. The van der Waals surface area contributed by atoms with Gasteiger partial charge in [-0.25, -0.2) is 4.98 Å². The molecule has 2 aliphatic heterocycles. The third-order valence-electron chi connectivity index (χ3n) is 5.02. The van der Waals surface area contributed by atoms with Crippen molar-refractivity contribution in [2.24, 2.45) is 7.05 Å². The fourth-order valence-electron chi connectivity index (χ4n) is 3.68. The summed E-state index contributed by atoms with van der Waals surface area (Å²) in [5, 5.41) is 4.23. The predicted molar refractivity (Wildman–Crippen MR) is 89.7 cm³/mol. The first-order chi connectivity index (χ1) is 12.2. The molecular formula is C17H22N6O2. The molecule has 1 amide bonds. The van der Waals surface area contributed by atoms with Gasteiger partial charge in [0, 0.05) is 51.8 Å². The second kappa shape index (κ2) is 6.89. The van der Waals surface area contributed by atoms with Crippen LogP contribution in [0.3, 0.4) is 0 Å². The number of nitrogens with zero attached hydrogens (tertiary/aromatic N) is 6. The van der Waals surface area contributed by atoms with Crippen molar-refractivity contribution in [2.45, 2.75) is 25.1 Å². The Morgan fingerprint density at radius 2 is 2.24 bits per heavy atom. The van der Waals surface area contributed by atoms with Crippen LogP contribution < -0.4 is 0 Å². The van der Waals surface area contributed by atoms with Crippen LogP contribution in [0.5, 0.6) is 0 Å². The van der Waals surface area contributed by atoms with Crippen molar-refractivity contribution in [1.29, 1.82) is 0 Å². The molecular weight excluding hydrogens is 320 g/mol. The van der Waals surface area contributed by atoms with Gasteiger partial charge in [-0.05, 0) is 12.5 Å². The lowest BCUT2D eigenvalue weighted by Gasteiger charge is -2.46. The van der Waals surface area contributed by atoms with Crippen molar-refractivity contribution < 1.29 is 9.53 Å². The average molecular weight is 342 g/mol. The van der Waals surface area contributed by atoms with E-state index in [0.717, 1.165) is 26.1 Å². The summed E-state index contributed by atoms with van der Waals surface area (Å²) in [4.78, 5) is 25.3. The monoisotopic (exact) mass is 342 g/mol. The molecule has 2 atom stereocenters. The first kappa shape index (κ1) is 16.2. The molecule has 2 aromatic rings. The van der Waals surface area contributed by atoms with Crippen LogP contribution in [-0.2, 0) is 18.3 Å². The number of morpholine rings is 1. The molecule has 2 aromatic heterocycles. The normalized spacial score (nSPS) is 24.1. The van der Waals surface area contributed by atoms with Gasteiger partial charge in [-0.1, -0.05) is 0 Å². The lowest BCUT2D eigenvalue weighted by molar-refractivity contribution is -0.0917. The van der Waals surface area contributed by atoms with Gasteiger partial charge in [-0.2, -0.15) is 5.10 Å². The Morgan fingerprint density at radius 3 is 3.00 bits per heavy atom. The Hall–Kier alpha value is -2.32. The highest BCUT2D eigenvalue weighted by molar-refractivity contribution is 5.92. The van der Waals surface area contributed by atoms with E-state index in [1.807, 2.05) is 28.9 Å². The number of hydrogen-bond donors (Lipinski definition) is 0. The number of carbonyl (C=O) groups excluding carboxylic acids is 1. The van der Waals surface area contributed by atoms with Crippen LogP contribution in [-0.4, -0.2) is 73.8 Å². The standard InChI is InChI=1S/C17H22N6O2/c1-21-13(2-4-20-21)11-22-7-3-16-15(12-22)23(8-9-25-16)17(24)14-10-18-5-6-19-14/h2,4-6,10,15-16H,3,7-9,11-12H2,1H3/t15-,16-/m1/s1. The van der Waals surface area contributed by atoms with E-state index in [2.05, 4.69) is 20.0 Å². The van der Waals surface area contributed by atoms with Crippen LogP contribution in [0.2, 0.25) is 0 Å². The summed E-state index contributed by atoms with van der Waals surface area (Å²) in [6.45, 7) is 3.75. The van der Waals surface area contributed by atoms with Crippen molar-refractivity contribution in [1.82, 2.24) is 29.5 Å². The lowest BCUT2D eigenvalue weighted by Crippen LogP contribution is -2.61. The number of rotatable bonds is 3. The maximum Gasteiger partial charge on any atom is 0.274 e. The summed E-state index contributed by atoms with van der Waals surface area (Å²) in [5.41, 5.74) is 1.56. The first-order valence-electron chi connectivity index (χ1n) is 8.60. The minimum atomic E-state index is -0.0613. The fourth-order valence-corrected chi connectivity index (χ4v) is 3.68. The molecule has 0 radical (unpaired) electrons. The van der Waals surface area contributed by atoms with E-state index >= 15 is 0 Å². The third-order valence-corrected chi connectivity index (χ3v) is 5.02. The second-order valence-corrected chi connectivity index (χ2v) is 6.54. The zero-order chi connectivity index (χ0) is 17.2. The molecule has 0 bridgehead atoms. The Labute approximate surface area is 146 Å². The summed E-state index contributed by atoms with van der Waals surface area (Å²) < 4.78 is 7.83. The van der Waals surface area contributed by atoms with Crippen molar-refractivity contribution in [3.8, 4) is 0 Å². The number of aryl methyl sites for hydroxylation is 1. The molecule has 8 heteroatoms. The van der Waals surface area contributed by atoms with E-state index in [-0.39, 0.29) is 18.1 Å². The van der Waals surface area contributed by atoms with Gasteiger partial charge in [0.2, 0.25) is 0 Å². The molecule has 0 spiro atoms. The molecule has 8 nitrogen and oxygen atoms in total. The lowest BCUT2D eigenvalue weighted by atomic mass is 9.98. The average Bonchev–Trinajstić information content (AvgIpc) is 3.06. The van der Waals surface area contributed by atoms with Crippen LogP contribution in [0.4, 0.5) is 0 Å². The van der Waals surface area contributed by atoms with Crippen molar-refractivity contribution in [2.75, 3.05) is 26.2 Å². The number of hydrogen-bond acceptors (Lipinski definition) is 6. The first-order valence-corrected chi connectivity index (χ1v) is 8.60. The van der Waals surface area contributed by atoms with Crippen LogP contribution in [0.25, 0.3) is 0 Å². The molecule has 2 aliphatic rings. The van der Waals surface area contributed by atoms with E-state index < -0.39 is 0 Å². The SMILES string of the molecule is Cn1nccc1CN1CC[C@H]2OCCN(C(=O)c3cnccn3)[C@@H]2C1. The fraction of sp³-hybridized carbons (Fsp3) is 0.529. The van der Waals surface area contributed by atoms with Gasteiger partial charge < -0.3 is 9.64 Å². The van der Waals surface area contributed by atoms with Gasteiger partial charge in [0.1, 0.15) is 5.69 Å². The topological polar surface area (TPSA) is 76.4 Å². The summed E-state index contributed by atoms with van der Waals surface area (Å²) in [7, 11) is 1.95. The number of amides is 1. The largest absolute Gasteiger partial charge is 0.374 e. The van der Waals surface area contributed by atoms with Crippen molar-refractivity contribution in [3.05, 3.63) is 42.2 Å². The molecule has 0 aliphatic carbocycles. The molecule has 4 rings (SSSR count). The number of aromatic nitrogens is 4. The van der Waals surface area contributed by atoms with E-state index in [0.29, 0.717) is 18.8 Å². The van der Waals surface area contributed by atoms with E-state index in [1.165, 1.54) is 11.9 Å². The molecule has 2 fully saturated rings. The molecule has 4 heterocycles. The minimum absolute atomic E-state index is 0.0465. The van der Waals surface area contributed by atoms with Gasteiger partial charge in [-0.3, -0.25) is 19.4 Å². The van der Waals surface area contributed by atoms with Crippen LogP contribution in [0, 0.1) is 0 Å². The molecule has 0 N–H and O–H groups in total. The summed E-state index contributed by atoms with van der Waals surface area (Å²) >= 11 is 0. The molecule has 25 heavy (non-hydrogen) atoms. The van der Waals surface area contributed by atoms with Crippen LogP contribution >= 0.6 is 0 Å². The predicted octanol–water partition coefficient (Wildman–Crippen LogP) is 0.326. The highest BCUT2D eigenvalue weighted by Gasteiger charge is 2.39. The molecule has 0 unspecified atom stereocenters. The Kier molecular flexibility index (Phi) is 4.46. The number of fused-ring (bicyclic) bond motifs is 1. The maximum absolute atomic E-state index is 12.9. The number of ether oxygens (including phenoxy) is 1. The summed E-state index contributed by atoms with van der Waals surface area (Å²) in [6.07, 6.45) is 7.50. The molecule has 0 saturated carbocycles. The number of piperidine rings is 1. The van der Waals surface area contributed by atoms with E-state index in [1.54, 1.807) is 12.4 Å². The molecule has 2 saturated heterocycles. The zero-order valence-corrected chi connectivity index (χ0v) is 14.3. The van der Waals surface area contributed by atoms with Gasteiger partial charge in [-0.15, -0.1) is 0 Å². The number of carbonyl (C=O) groups is 1. The molecule has 0 aromatic carbocycles. The Morgan fingerprint density at radius 1 is 1.32 bits per heavy atom. The van der Waals surface area contributed by atoms with E-state index in [4.69, 9.17) is 4.74 Å². The highest BCUT2D eigenvalue weighted by Crippen LogP contribution is 2.25. The van der Waals surface area contributed by atoms with E-state index in [9.17, 15) is 4.79 Å². The van der Waals surface area contributed by atoms with Crippen LogP contribution in [0.1, 0.15) is 22.6 Å². The Bertz CT molecular complexity index is 734. The summed E-state index contributed by atoms with van der Waals surface area (Å²) in [6, 6.07) is 2.08. The highest BCUT2D eigenvalue weighted by atomic mass is 16.5. The van der Waals surface area contributed by atoms with Crippen LogP contribution in [0.15, 0.2) is 30.9 Å². The third kappa shape index (κ3) is 3.27. The van der Waals surface area contributed by atoms with Gasteiger partial charge in [0.05, 0.1) is 30.6 Å². The smallest absolute Gasteiger partial charge is 0.274 e. The van der Waals surface area contributed by atoms with Gasteiger partial charge in [0.25, 0.3) is 5.91 Å². The minimum Gasteiger partial charge on any atom is -0.374 e. The summed E-state index contributed by atoms with van der Waals surface area (Å²) in [5.74, 6) is -0.0613. The quantitative estimate of drug-likeness (QED) is 0.800. The zero-order valence-electron chi connectivity index (χ0n) is 14.3. The van der Waals surface area contributed by atoms with Gasteiger partial charge in [0.15, 0.2) is 0 Å².